The number of nitrogens with one attached hydrogen (secondary N) is 2. The minimum Gasteiger partial charge on any atom is -0.375 e. The molecule has 0 spiro atoms. The molecule has 2 aromatic rings. The number of hydrogen-bond donors (Lipinski definition) is 3. The highest BCUT2D eigenvalue weighted by Crippen LogP contribution is 2.15. The van der Waals surface area contributed by atoms with Gasteiger partial charge in [-0.25, -0.2) is 4.79 Å². The Balaban J connectivity index is 1.76. The zero-order chi connectivity index (χ0) is 18.2. The van der Waals surface area contributed by atoms with E-state index in [4.69, 9.17) is 5.73 Å². The third kappa shape index (κ3) is 5.53. The molecule has 4 N–H and O–H groups in total. The second kappa shape index (κ2) is 8.73. The fourth-order valence-electron chi connectivity index (χ4n) is 2.47. The van der Waals surface area contributed by atoms with E-state index in [-0.39, 0.29) is 6.03 Å². The highest BCUT2D eigenvalue weighted by Gasteiger charge is 2.08. The quantitative estimate of drug-likeness (QED) is 0.677. The summed E-state index contributed by atoms with van der Waals surface area (Å²) in [5, 5.41) is 5.52. The first kappa shape index (κ1) is 18.3. The molecule has 3 amide bonds. The molecule has 6 heteroatoms. The van der Waals surface area contributed by atoms with Gasteiger partial charge in [0, 0.05) is 37.1 Å². The third-order valence-electron chi connectivity index (χ3n) is 3.91. The molecule has 132 valence electrons. The van der Waals surface area contributed by atoms with Crippen molar-refractivity contribution >= 4 is 23.3 Å². The molecule has 0 saturated carbocycles. The number of carbonyl (C=O) groups excluding carboxylic acids is 2. The fourth-order valence-corrected chi connectivity index (χ4v) is 2.47. The van der Waals surface area contributed by atoms with Gasteiger partial charge in [-0.2, -0.15) is 0 Å². The van der Waals surface area contributed by atoms with Crippen molar-refractivity contribution in [3.8, 4) is 0 Å². The standard InChI is InChI=1S/C19H24N4O2/c1-14-9-10-15(13-17(14)18(20)24)22-19(25)21-11-6-12-23(2)16-7-4-3-5-8-16/h3-5,7-10,13H,6,11-12H2,1-2H3,(H2,20,24)(H2,21,22,25). The fraction of sp³-hybridized carbons (Fsp3) is 0.263. The number of nitrogens with two attached hydrogens (primary N) is 1. The molecule has 2 aromatic carbocycles. The Morgan fingerprint density at radius 3 is 2.52 bits per heavy atom. The van der Waals surface area contributed by atoms with Crippen molar-refractivity contribution in [1.82, 2.24) is 5.32 Å². The summed E-state index contributed by atoms with van der Waals surface area (Å²) in [5.41, 5.74) is 8.19. The number of anilines is 2. The maximum atomic E-state index is 11.9. The summed E-state index contributed by atoms with van der Waals surface area (Å²) in [4.78, 5) is 25.4. The molecule has 0 heterocycles. The highest BCUT2D eigenvalue weighted by molar-refractivity contribution is 5.97. The van der Waals surface area contributed by atoms with Crippen molar-refractivity contribution in [3.05, 3.63) is 59.7 Å². The Bertz CT molecular complexity index is 731. The van der Waals surface area contributed by atoms with Crippen molar-refractivity contribution in [2.24, 2.45) is 5.73 Å². The molecule has 0 aliphatic carbocycles. The number of primary amides is 1. The summed E-state index contributed by atoms with van der Waals surface area (Å²) in [6, 6.07) is 14.9. The molecule has 0 fully saturated rings. The van der Waals surface area contributed by atoms with E-state index in [0.717, 1.165) is 24.2 Å². The minimum absolute atomic E-state index is 0.304. The lowest BCUT2D eigenvalue weighted by molar-refractivity contribution is 0.0999. The van der Waals surface area contributed by atoms with E-state index in [1.807, 2.05) is 37.4 Å². The van der Waals surface area contributed by atoms with Crippen molar-refractivity contribution in [2.45, 2.75) is 13.3 Å². The zero-order valence-corrected chi connectivity index (χ0v) is 14.6. The van der Waals surface area contributed by atoms with Gasteiger partial charge < -0.3 is 21.3 Å². The normalized spacial score (nSPS) is 10.2. The molecule has 2 rings (SSSR count). The van der Waals surface area contributed by atoms with E-state index in [0.29, 0.717) is 17.8 Å². The van der Waals surface area contributed by atoms with Gasteiger partial charge in [0.15, 0.2) is 0 Å². The molecular formula is C19H24N4O2. The van der Waals surface area contributed by atoms with Gasteiger partial charge in [0.1, 0.15) is 0 Å². The molecule has 0 aliphatic heterocycles. The number of para-hydroxylation sites is 1. The van der Waals surface area contributed by atoms with Crippen molar-refractivity contribution in [1.29, 1.82) is 0 Å². The van der Waals surface area contributed by atoms with E-state index in [2.05, 4.69) is 15.5 Å². The second-order valence-electron chi connectivity index (χ2n) is 5.89. The van der Waals surface area contributed by atoms with Crippen molar-refractivity contribution < 1.29 is 9.59 Å². The largest absolute Gasteiger partial charge is 0.375 e. The lowest BCUT2D eigenvalue weighted by Crippen LogP contribution is -2.31. The number of carbonyl (C=O) groups is 2. The zero-order valence-electron chi connectivity index (χ0n) is 14.6. The van der Waals surface area contributed by atoms with E-state index < -0.39 is 5.91 Å². The average molecular weight is 340 g/mol. The van der Waals surface area contributed by atoms with Crippen LogP contribution in [0.25, 0.3) is 0 Å². The summed E-state index contributed by atoms with van der Waals surface area (Å²) in [6.45, 7) is 3.19. The van der Waals surface area contributed by atoms with Gasteiger partial charge in [0.05, 0.1) is 0 Å². The Hall–Kier alpha value is -3.02. The SMILES string of the molecule is Cc1ccc(NC(=O)NCCCN(C)c2ccccc2)cc1C(N)=O. The molecule has 0 aliphatic rings. The summed E-state index contributed by atoms with van der Waals surface area (Å²) >= 11 is 0. The smallest absolute Gasteiger partial charge is 0.319 e. The number of hydrogen-bond acceptors (Lipinski definition) is 3. The van der Waals surface area contributed by atoms with Gasteiger partial charge in [-0.1, -0.05) is 24.3 Å². The highest BCUT2D eigenvalue weighted by atomic mass is 16.2. The van der Waals surface area contributed by atoms with E-state index >= 15 is 0 Å². The number of amides is 3. The van der Waals surface area contributed by atoms with Gasteiger partial charge in [0.2, 0.25) is 5.91 Å². The molecule has 0 saturated heterocycles. The molecular weight excluding hydrogens is 316 g/mol. The first-order valence-electron chi connectivity index (χ1n) is 8.19. The Labute approximate surface area is 148 Å². The predicted molar refractivity (Wildman–Crippen MR) is 101 cm³/mol. The van der Waals surface area contributed by atoms with E-state index in [9.17, 15) is 9.59 Å². The molecule has 0 bridgehead atoms. The van der Waals surface area contributed by atoms with Crippen LogP contribution in [-0.2, 0) is 0 Å². The van der Waals surface area contributed by atoms with Crippen LogP contribution in [0.4, 0.5) is 16.2 Å². The van der Waals surface area contributed by atoms with Gasteiger partial charge in [-0.3, -0.25) is 4.79 Å². The Morgan fingerprint density at radius 2 is 1.84 bits per heavy atom. The van der Waals surface area contributed by atoms with Gasteiger partial charge in [0.25, 0.3) is 0 Å². The van der Waals surface area contributed by atoms with Crippen LogP contribution in [0.15, 0.2) is 48.5 Å². The van der Waals surface area contributed by atoms with Crippen molar-refractivity contribution in [3.63, 3.8) is 0 Å². The molecule has 0 radical (unpaired) electrons. The molecule has 0 aromatic heterocycles. The number of aryl methyl sites for hydroxylation is 1. The summed E-state index contributed by atoms with van der Waals surface area (Å²) in [5.74, 6) is -0.509. The van der Waals surface area contributed by atoms with Crippen LogP contribution >= 0.6 is 0 Å². The topological polar surface area (TPSA) is 87.5 Å². The average Bonchev–Trinajstić information content (AvgIpc) is 2.60. The first-order chi connectivity index (χ1) is 12.0. The van der Waals surface area contributed by atoms with Gasteiger partial charge in [-0.15, -0.1) is 0 Å². The molecule has 25 heavy (non-hydrogen) atoms. The predicted octanol–water partition coefficient (Wildman–Crippen LogP) is 2.74. The maximum absolute atomic E-state index is 11.9. The Kier molecular flexibility index (Phi) is 6.39. The second-order valence-corrected chi connectivity index (χ2v) is 5.89. The first-order valence-corrected chi connectivity index (χ1v) is 8.19. The maximum Gasteiger partial charge on any atom is 0.319 e. The van der Waals surface area contributed by atoms with E-state index in [1.54, 1.807) is 25.1 Å². The third-order valence-corrected chi connectivity index (χ3v) is 3.91. The van der Waals surface area contributed by atoms with Crippen LogP contribution in [0.5, 0.6) is 0 Å². The number of benzene rings is 2. The molecule has 6 nitrogen and oxygen atoms in total. The number of rotatable bonds is 7. The number of urea groups is 1. The van der Waals surface area contributed by atoms with Crippen LogP contribution in [0, 0.1) is 6.92 Å². The van der Waals surface area contributed by atoms with Crippen LogP contribution in [-0.4, -0.2) is 32.1 Å². The van der Waals surface area contributed by atoms with Crippen LogP contribution in [0.2, 0.25) is 0 Å². The lowest BCUT2D eigenvalue weighted by atomic mass is 10.1. The molecule has 0 unspecified atom stereocenters. The van der Waals surface area contributed by atoms with Gasteiger partial charge in [-0.05, 0) is 43.2 Å². The number of nitrogens with zero attached hydrogens (tertiary/aromatic N) is 1. The van der Waals surface area contributed by atoms with Gasteiger partial charge >= 0.3 is 6.03 Å². The summed E-state index contributed by atoms with van der Waals surface area (Å²) < 4.78 is 0. The van der Waals surface area contributed by atoms with Crippen LogP contribution in [0.3, 0.4) is 0 Å². The lowest BCUT2D eigenvalue weighted by Gasteiger charge is -2.19. The minimum atomic E-state index is -0.509. The van der Waals surface area contributed by atoms with Crippen molar-refractivity contribution in [2.75, 3.05) is 30.4 Å². The van der Waals surface area contributed by atoms with E-state index in [1.165, 1.54) is 0 Å². The monoisotopic (exact) mass is 340 g/mol. The summed E-state index contributed by atoms with van der Waals surface area (Å²) in [6.07, 6.45) is 0.819. The Morgan fingerprint density at radius 1 is 1.12 bits per heavy atom. The molecule has 0 atom stereocenters. The van der Waals surface area contributed by atoms with Crippen LogP contribution in [0.1, 0.15) is 22.3 Å². The van der Waals surface area contributed by atoms with Crippen LogP contribution < -0.4 is 21.3 Å². The summed E-state index contributed by atoms with van der Waals surface area (Å²) in [7, 11) is 2.02.